The monoisotopic (exact) mass is 294 g/mol. The third-order valence-corrected chi connectivity index (χ3v) is 2.92. The van der Waals surface area contributed by atoms with Gasteiger partial charge >= 0.3 is 0 Å². The number of hydrogen-bond donors (Lipinski definition) is 1. The zero-order chi connectivity index (χ0) is 14.4. The second-order valence-electron chi connectivity index (χ2n) is 4.32. The van der Waals surface area contributed by atoms with Crippen molar-refractivity contribution < 1.29 is 9.13 Å². The van der Waals surface area contributed by atoms with E-state index < -0.39 is 5.82 Å². The van der Waals surface area contributed by atoms with Crippen LogP contribution in [0.4, 0.5) is 4.39 Å². The minimum atomic E-state index is -0.468. The molecule has 0 aliphatic rings. The summed E-state index contributed by atoms with van der Waals surface area (Å²) in [6.07, 6.45) is 1.07. The van der Waals surface area contributed by atoms with Crippen molar-refractivity contribution >= 4 is 11.6 Å². The number of nitrogens with one attached hydrogen (secondary N) is 1. The van der Waals surface area contributed by atoms with Crippen LogP contribution in [0.25, 0.3) is 0 Å². The van der Waals surface area contributed by atoms with Crippen LogP contribution >= 0.6 is 11.6 Å². The molecular weight excluding hydrogens is 279 g/mol. The lowest BCUT2D eigenvalue weighted by molar-refractivity contribution is 0.458. The molecule has 0 atom stereocenters. The van der Waals surface area contributed by atoms with Crippen LogP contribution in [0.3, 0.4) is 0 Å². The summed E-state index contributed by atoms with van der Waals surface area (Å²) in [5.41, 5.74) is 0.893. The lowest BCUT2D eigenvalue weighted by Crippen LogP contribution is -2.14. The van der Waals surface area contributed by atoms with Crippen molar-refractivity contribution in [1.82, 2.24) is 10.3 Å². The van der Waals surface area contributed by atoms with E-state index in [1.54, 1.807) is 6.07 Å². The molecule has 1 N–H and O–H groups in total. The summed E-state index contributed by atoms with van der Waals surface area (Å²) in [4.78, 5) is 4.37. The van der Waals surface area contributed by atoms with Crippen LogP contribution in [-0.2, 0) is 6.54 Å². The topological polar surface area (TPSA) is 34.1 Å². The first kappa shape index (κ1) is 14.8. The van der Waals surface area contributed by atoms with Gasteiger partial charge in [0.2, 0.25) is 5.88 Å². The van der Waals surface area contributed by atoms with Crippen LogP contribution in [0.2, 0.25) is 5.02 Å². The van der Waals surface area contributed by atoms with Gasteiger partial charge in [0.05, 0.1) is 10.7 Å². The van der Waals surface area contributed by atoms with E-state index in [0.29, 0.717) is 18.2 Å². The molecule has 0 spiro atoms. The van der Waals surface area contributed by atoms with Crippen molar-refractivity contribution in [2.75, 3.05) is 6.54 Å². The van der Waals surface area contributed by atoms with Gasteiger partial charge in [0.15, 0.2) is 0 Å². The maximum Gasteiger partial charge on any atom is 0.219 e. The largest absolute Gasteiger partial charge is 0.439 e. The molecule has 5 heteroatoms. The SMILES string of the molecule is CCCNCc1cccc(Oc2ccc(F)c(Cl)c2)n1. The van der Waals surface area contributed by atoms with E-state index in [2.05, 4.69) is 17.2 Å². The lowest BCUT2D eigenvalue weighted by Gasteiger charge is -2.07. The molecule has 0 unspecified atom stereocenters. The summed E-state index contributed by atoms with van der Waals surface area (Å²) in [6, 6.07) is 9.76. The highest BCUT2D eigenvalue weighted by molar-refractivity contribution is 6.30. The smallest absolute Gasteiger partial charge is 0.219 e. The molecule has 0 aliphatic carbocycles. The Morgan fingerprint density at radius 3 is 2.90 bits per heavy atom. The molecule has 1 aromatic carbocycles. The molecule has 1 heterocycles. The molecule has 0 radical (unpaired) electrons. The fraction of sp³-hybridized carbons (Fsp3) is 0.267. The molecule has 2 rings (SSSR count). The molecule has 0 bridgehead atoms. The molecule has 106 valence electrons. The minimum Gasteiger partial charge on any atom is -0.439 e. The van der Waals surface area contributed by atoms with Crippen molar-refractivity contribution in [3.05, 3.63) is 52.9 Å². The highest BCUT2D eigenvalue weighted by Crippen LogP contribution is 2.25. The summed E-state index contributed by atoms with van der Waals surface area (Å²) in [5.74, 6) is 0.454. The first-order valence-electron chi connectivity index (χ1n) is 6.48. The van der Waals surface area contributed by atoms with Gasteiger partial charge in [0.1, 0.15) is 11.6 Å². The van der Waals surface area contributed by atoms with Gasteiger partial charge in [-0.05, 0) is 31.2 Å². The number of ether oxygens (including phenoxy) is 1. The van der Waals surface area contributed by atoms with E-state index in [4.69, 9.17) is 16.3 Å². The van der Waals surface area contributed by atoms with Gasteiger partial charge in [-0.3, -0.25) is 0 Å². The Bertz CT molecular complexity index is 578. The van der Waals surface area contributed by atoms with Gasteiger partial charge in [0, 0.05) is 18.7 Å². The van der Waals surface area contributed by atoms with Gasteiger partial charge in [0.25, 0.3) is 0 Å². The van der Waals surface area contributed by atoms with Gasteiger partial charge in [-0.15, -0.1) is 0 Å². The maximum absolute atomic E-state index is 13.1. The Labute approximate surface area is 122 Å². The summed E-state index contributed by atoms with van der Waals surface area (Å²) in [6.45, 7) is 3.74. The third-order valence-electron chi connectivity index (χ3n) is 2.63. The fourth-order valence-electron chi connectivity index (χ4n) is 1.67. The summed E-state index contributed by atoms with van der Waals surface area (Å²) in [7, 11) is 0. The van der Waals surface area contributed by atoms with E-state index in [-0.39, 0.29) is 5.02 Å². The first-order valence-corrected chi connectivity index (χ1v) is 6.86. The number of aromatic nitrogens is 1. The van der Waals surface area contributed by atoms with Crippen LogP contribution < -0.4 is 10.1 Å². The highest BCUT2D eigenvalue weighted by Gasteiger charge is 2.04. The Hall–Kier alpha value is -1.65. The van der Waals surface area contributed by atoms with Crippen molar-refractivity contribution in [2.45, 2.75) is 19.9 Å². The van der Waals surface area contributed by atoms with E-state index in [1.165, 1.54) is 18.2 Å². The predicted octanol–water partition coefficient (Wildman–Crippen LogP) is 4.17. The highest BCUT2D eigenvalue weighted by atomic mass is 35.5. The minimum absolute atomic E-state index is 0.0308. The van der Waals surface area contributed by atoms with E-state index in [1.807, 2.05) is 12.1 Å². The van der Waals surface area contributed by atoms with Gasteiger partial charge in [-0.1, -0.05) is 24.6 Å². The molecule has 20 heavy (non-hydrogen) atoms. The zero-order valence-electron chi connectivity index (χ0n) is 11.2. The lowest BCUT2D eigenvalue weighted by atomic mass is 10.3. The van der Waals surface area contributed by atoms with E-state index >= 15 is 0 Å². The van der Waals surface area contributed by atoms with Crippen LogP contribution in [0.1, 0.15) is 19.0 Å². The Balaban J connectivity index is 2.05. The summed E-state index contributed by atoms with van der Waals surface area (Å²) in [5, 5.41) is 3.30. The second kappa shape index (κ2) is 7.22. The third kappa shape index (κ3) is 4.18. The molecule has 0 saturated carbocycles. The van der Waals surface area contributed by atoms with Crippen molar-refractivity contribution in [2.24, 2.45) is 0 Å². The van der Waals surface area contributed by atoms with Gasteiger partial charge in [-0.2, -0.15) is 0 Å². The zero-order valence-corrected chi connectivity index (χ0v) is 12.0. The van der Waals surface area contributed by atoms with Crippen LogP contribution in [0, 0.1) is 5.82 Å². The number of rotatable bonds is 6. The number of pyridine rings is 1. The molecule has 0 saturated heterocycles. The summed E-state index contributed by atoms with van der Waals surface area (Å²) >= 11 is 5.71. The van der Waals surface area contributed by atoms with Gasteiger partial charge < -0.3 is 10.1 Å². The van der Waals surface area contributed by atoms with Crippen LogP contribution in [-0.4, -0.2) is 11.5 Å². The van der Waals surface area contributed by atoms with E-state index in [9.17, 15) is 4.39 Å². The summed E-state index contributed by atoms with van der Waals surface area (Å²) < 4.78 is 18.6. The maximum atomic E-state index is 13.1. The molecule has 2 aromatic rings. The quantitative estimate of drug-likeness (QED) is 0.812. The fourth-order valence-corrected chi connectivity index (χ4v) is 1.84. The Kier molecular flexibility index (Phi) is 5.32. The second-order valence-corrected chi connectivity index (χ2v) is 4.73. The number of benzene rings is 1. The predicted molar refractivity (Wildman–Crippen MR) is 77.7 cm³/mol. The molecule has 3 nitrogen and oxygen atoms in total. The standard InChI is InChI=1S/C15H16ClFN2O/c1-2-8-18-10-11-4-3-5-15(19-11)20-12-6-7-14(17)13(16)9-12/h3-7,9,18H,2,8,10H2,1H3. The molecule has 0 aliphatic heterocycles. The van der Waals surface area contributed by atoms with E-state index in [0.717, 1.165) is 18.7 Å². The average Bonchev–Trinajstić information content (AvgIpc) is 2.44. The Morgan fingerprint density at radius 2 is 2.15 bits per heavy atom. The molecule has 0 fully saturated rings. The van der Waals surface area contributed by atoms with Crippen LogP contribution in [0.5, 0.6) is 11.6 Å². The van der Waals surface area contributed by atoms with Crippen LogP contribution in [0.15, 0.2) is 36.4 Å². The molecular formula is C15H16ClFN2O. The van der Waals surface area contributed by atoms with Crippen molar-refractivity contribution in [3.63, 3.8) is 0 Å². The molecule has 1 aromatic heterocycles. The van der Waals surface area contributed by atoms with Crippen molar-refractivity contribution in [3.8, 4) is 11.6 Å². The normalized spacial score (nSPS) is 10.6. The van der Waals surface area contributed by atoms with Gasteiger partial charge in [-0.25, -0.2) is 9.37 Å². The Morgan fingerprint density at radius 1 is 1.30 bits per heavy atom. The van der Waals surface area contributed by atoms with Crippen molar-refractivity contribution in [1.29, 1.82) is 0 Å². The molecule has 0 amide bonds. The number of nitrogens with zero attached hydrogens (tertiary/aromatic N) is 1. The number of halogens is 2. The average molecular weight is 295 g/mol. The number of hydrogen-bond acceptors (Lipinski definition) is 3. The first-order chi connectivity index (χ1) is 9.69.